The normalized spacial score (nSPS) is 11.3. The summed E-state index contributed by atoms with van der Waals surface area (Å²) >= 11 is 0. The van der Waals surface area contributed by atoms with Gasteiger partial charge >= 0.3 is 0 Å². The molecule has 5 nitrogen and oxygen atoms in total. The van der Waals surface area contributed by atoms with Gasteiger partial charge in [0.15, 0.2) is 5.82 Å². The Morgan fingerprint density at radius 3 is 2.79 bits per heavy atom. The second-order valence-electron chi connectivity index (χ2n) is 5.81. The summed E-state index contributed by atoms with van der Waals surface area (Å²) < 4.78 is 17.6. The lowest BCUT2D eigenvalue weighted by Gasteiger charge is -2.08. The van der Waals surface area contributed by atoms with Crippen molar-refractivity contribution in [3.05, 3.63) is 65.9 Å². The minimum atomic E-state index is -0.226. The van der Waals surface area contributed by atoms with E-state index in [9.17, 15) is 4.39 Å². The number of benzene rings is 1. The van der Waals surface area contributed by atoms with Crippen LogP contribution >= 0.6 is 0 Å². The molecule has 0 aliphatic carbocycles. The number of aromatic nitrogens is 5. The van der Waals surface area contributed by atoms with Gasteiger partial charge in [-0.15, -0.1) is 0 Å². The van der Waals surface area contributed by atoms with Crippen molar-refractivity contribution in [3.63, 3.8) is 0 Å². The summed E-state index contributed by atoms with van der Waals surface area (Å²) in [4.78, 5) is 9.01. The van der Waals surface area contributed by atoms with Gasteiger partial charge in [0.1, 0.15) is 17.0 Å². The zero-order chi connectivity index (χ0) is 16.7. The van der Waals surface area contributed by atoms with Crippen LogP contribution in [0.5, 0.6) is 0 Å². The Kier molecular flexibility index (Phi) is 3.37. The number of rotatable bonds is 3. The molecule has 24 heavy (non-hydrogen) atoms. The van der Waals surface area contributed by atoms with Crippen molar-refractivity contribution in [2.75, 3.05) is 0 Å². The van der Waals surface area contributed by atoms with Gasteiger partial charge in [-0.05, 0) is 24.6 Å². The Hall–Kier alpha value is -3.02. The van der Waals surface area contributed by atoms with Crippen LogP contribution in [0.2, 0.25) is 0 Å². The zero-order valence-electron chi connectivity index (χ0n) is 13.4. The Morgan fingerprint density at radius 2 is 2.04 bits per heavy atom. The van der Waals surface area contributed by atoms with Crippen molar-refractivity contribution in [3.8, 4) is 11.5 Å². The van der Waals surface area contributed by atoms with E-state index < -0.39 is 0 Å². The van der Waals surface area contributed by atoms with Crippen molar-refractivity contribution in [2.24, 2.45) is 7.05 Å². The molecule has 0 saturated carbocycles. The summed E-state index contributed by atoms with van der Waals surface area (Å²) in [6.45, 7) is 2.39. The fourth-order valence-electron chi connectivity index (χ4n) is 2.93. The van der Waals surface area contributed by atoms with Crippen LogP contribution in [-0.2, 0) is 13.6 Å². The van der Waals surface area contributed by atoms with Crippen LogP contribution in [0.25, 0.3) is 22.6 Å². The predicted molar refractivity (Wildman–Crippen MR) is 90.0 cm³/mol. The van der Waals surface area contributed by atoms with E-state index in [2.05, 4.69) is 15.1 Å². The molecule has 4 aromatic rings. The quantitative estimate of drug-likeness (QED) is 0.581. The molecule has 0 amide bonds. The summed E-state index contributed by atoms with van der Waals surface area (Å²) in [6.07, 6.45) is 5.35. The largest absolute Gasteiger partial charge is 0.333 e. The van der Waals surface area contributed by atoms with Crippen molar-refractivity contribution < 1.29 is 4.39 Å². The molecule has 3 aromatic heterocycles. The number of hydrogen-bond acceptors (Lipinski definition) is 3. The molecule has 0 unspecified atom stereocenters. The molecule has 120 valence electrons. The minimum Gasteiger partial charge on any atom is -0.333 e. The van der Waals surface area contributed by atoms with E-state index in [-0.39, 0.29) is 5.82 Å². The van der Waals surface area contributed by atoms with Crippen molar-refractivity contribution in [1.82, 2.24) is 24.3 Å². The number of hydrogen-bond donors (Lipinski definition) is 0. The van der Waals surface area contributed by atoms with Gasteiger partial charge in [0.05, 0.1) is 18.3 Å². The van der Waals surface area contributed by atoms with E-state index >= 15 is 0 Å². The standard InChI is InChI=1S/C18H16FN5/c1-12-9-15(18-20-7-8-23(18)2)22-16-10-21-24(17(12)16)11-13-5-3-4-6-14(13)19/h3-10H,11H2,1-2H3. The first kappa shape index (κ1) is 14.6. The van der Waals surface area contributed by atoms with Crippen molar-refractivity contribution >= 4 is 11.0 Å². The lowest BCUT2D eigenvalue weighted by molar-refractivity contribution is 0.590. The van der Waals surface area contributed by atoms with Crippen molar-refractivity contribution in [2.45, 2.75) is 13.5 Å². The number of nitrogens with zero attached hydrogens (tertiary/aromatic N) is 5. The number of imidazole rings is 1. The van der Waals surface area contributed by atoms with Gasteiger partial charge in [-0.2, -0.15) is 5.10 Å². The summed E-state index contributed by atoms with van der Waals surface area (Å²) in [5, 5.41) is 4.40. The molecule has 0 aliphatic heterocycles. The number of aryl methyl sites for hydroxylation is 2. The molecular weight excluding hydrogens is 305 g/mol. The fraction of sp³-hybridized carbons (Fsp3) is 0.167. The Bertz CT molecular complexity index is 1030. The van der Waals surface area contributed by atoms with E-state index in [0.717, 1.165) is 28.1 Å². The molecule has 6 heteroatoms. The van der Waals surface area contributed by atoms with Gasteiger partial charge in [-0.1, -0.05) is 18.2 Å². The average Bonchev–Trinajstić information content (AvgIpc) is 3.16. The molecule has 3 heterocycles. The summed E-state index contributed by atoms with van der Waals surface area (Å²) in [5.41, 5.74) is 4.14. The summed E-state index contributed by atoms with van der Waals surface area (Å²) in [5.74, 6) is 0.582. The van der Waals surface area contributed by atoms with E-state index in [1.165, 1.54) is 6.07 Å². The molecule has 0 spiro atoms. The Balaban J connectivity index is 1.80. The van der Waals surface area contributed by atoms with Gasteiger partial charge in [0, 0.05) is 25.0 Å². The predicted octanol–water partition coefficient (Wildman–Crippen LogP) is 3.33. The molecule has 1 aromatic carbocycles. The molecular formula is C18H16FN5. The molecule has 0 aliphatic rings. The topological polar surface area (TPSA) is 48.5 Å². The molecule has 0 saturated heterocycles. The third kappa shape index (κ3) is 2.36. The molecule has 0 bridgehead atoms. The number of halogens is 1. The SMILES string of the molecule is Cc1cc(-c2nccn2C)nc2cnn(Cc3ccccc3F)c12. The summed E-state index contributed by atoms with van der Waals surface area (Å²) in [6, 6.07) is 8.74. The maximum Gasteiger partial charge on any atom is 0.158 e. The fourth-order valence-corrected chi connectivity index (χ4v) is 2.93. The van der Waals surface area contributed by atoms with Gasteiger partial charge < -0.3 is 4.57 Å². The highest BCUT2D eigenvalue weighted by Gasteiger charge is 2.13. The highest BCUT2D eigenvalue weighted by atomic mass is 19.1. The van der Waals surface area contributed by atoms with Gasteiger partial charge in [0.25, 0.3) is 0 Å². The van der Waals surface area contributed by atoms with E-state index in [0.29, 0.717) is 12.1 Å². The van der Waals surface area contributed by atoms with Crippen LogP contribution in [0.3, 0.4) is 0 Å². The third-order valence-corrected chi connectivity index (χ3v) is 4.12. The van der Waals surface area contributed by atoms with E-state index in [1.54, 1.807) is 29.2 Å². The Labute approximate surface area is 138 Å². The second kappa shape index (κ2) is 5.56. The molecule has 0 radical (unpaired) electrons. The summed E-state index contributed by atoms with van der Waals surface area (Å²) in [7, 11) is 1.94. The maximum atomic E-state index is 13.9. The third-order valence-electron chi connectivity index (χ3n) is 4.12. The van der Waals surface area contributed by atoms with Crippen LogP contribution in [0.15, 0.2) is 48.9 Å². The second-order valence-corrected chi connectivity index (χ2v) is 5.81. The van der Waals surface area contributed by atoms with E-state index in [1.807, 2.05) is 36.9 Å². The van der Waals surface area contributed by atoms with Crippen LogP contribution in [-0.4, -0.2) is 24.3 Å². The molecule has 0 N–H and O–H groups in total. The number of pyridine rings is 1. The van der Waals surface area contributed by atoms with Gasteiger partial charge in [-0.3, -0.25) is 4.68 Å². The Morgan fingerprint density at radius 1 is 1.21 bits per heavy atom. The van der Waals surface area contributed by atoms with Crippen LogP contribution < -0.4 is 0 Å². The lowest BCUT2D eigenvalue weighted by Crippen LogP contribution is -2.05. The smallest absolute Gasteiger partial charge is 0.158 e. The highest BCUT2D eigenvalue weighted by Crippen LogP contribution is 2.24. The average molecular weight is 321 g/mol. The van der Waals surface area contributed by atoms with Crippen LogP contribution in [0.1, 0.15) is 11.1 Å². The van der Waals surface area contributed by atoms with Gasteiger partial charge in [-0.25, -0.2) is 14.4 Å². The molecule has 0 fully saturated rings. The highest BCUT2D eigenvalue weighted by molar-refractivity contribution is 5.80. The monoisotopic (exact) mass is 321 g/mol. The van der Waals surface area contributed by atoms with Crippen LogP contribution in [0, 0.1) is 12.7 Å². The minimum absolute atomic E-state index is 0.226. The molecule has 0 atom stereocenters. The van der Waals surface area contributed by atoms with Gasteiger partial charge in [0.2, 0.25) is 0 Å². The maximum absolute atomic E-state index is 13.9. The number of fused-ring (bicyclic) bond motifs is 1. The van der Waals surface area contributed by atoms with E-state index in [4.69, 9.17) is 0 Å². The van der Waals surface area contributed by atoms with Crippen molar-refractivity contribution in [1.29, 1.82) is 0 Å². The lowest BCUT2D eigenvalue weighted by atomic mass is 10.2. The zero-order valence-corrected chi connectivity index (χ0v) is 13.4. The van der Waals surface area contributed by atoms with Crippen LogP contribution in [0.4, 0.5) is 4.39 Å². The first-order valence-electron chi connectivity index (χ1n) is 7.68. The first-order valence-corrected chi connectivity index (χ1v) is 7.68. The first-order chi connectivity index (χ1) is 11.6. The molecule has 4 rings (SSSR count).